The molecule has 3 nitrogen and oxygen atoms in total. The van der Waals surface area contributed by atoms with E-state index in [4.69, 9.17) is 9.97 Å². The third-order valence-electron chi connectivity index (χ3n) is 13.2. The molecule has 0 radical (unpaired) electrons. The van der Waals surface area contributed by atoms with Gasteiger partial charge in [-0.25, -0.2) is 9.97 Å². The smallest absolute Gasteiger partial charge is 0.161 e. The largest absolute Gasteiger partial charge is 0.309 e. The van der Waals surface area contributed by atoms with E-state index >= 15 is 0 Å². The minimum absolute atomic E-state index is 0.690. The first kappa shape index (κ1) is 36.9. The zero-order valence-electron chi connectivity index (χ0n) is 35.4. The molecular weight excluding hydrogens is 787 g/mol. The Morgan fingerprint density at radius 3 is 1.57 bits per heavy atom. The van der Waals surface area contributed by atoms with Gasteiger partial charge in [0.15, 0.2) is 5.82 Å². The maximum absolute atomic E-state index is 5.58. The maximum Gasteiger partial charge on any atom is 0.161 e. The Labute approximate surface area is 376 Å². The van der Waals surface area contributed by atoms with Gasteiger partial charge in [-0.05, 0) is 115 Å². The van der Waals surface area contributed by atoms with E-state index in [-0.39, 0.29) is 0 Å². The highest BCUT2D eigenvalue weighted by molar-refractivity contribution is 6.16. The van der Waals surface area contributed by atoms with E-state index in [1.165, 1.54) is 49.0 Å². The standard InChI is InChI=1S/C62H39N3/c1-4-16-40(17-5-1)47-30-32-59-54(36-47)55-35-45-24-12-13-25-46(45)37-60(55)65(59)58-33-31-51(49-26-14-15-27-50(49)58)62-63-57-39-53(43-21-8-3-9-22-43)52(42-19-6-2-7-20-42)38-56(57)61(64-62)48-29-28-41-18-10-11-23-44(41)34-48/h1-39H. The molecule has 11 aromatic carbocycles. The first-order chi connectivity index (χ1) is 32.2. The molecule has 302 valence electrons. The Balaban J connectivity index is 1.07. The van der Waals surface area contributed by atoms with Crippen molar-refractivity contribution < 1.29 is 0 Å². The minimum atomic E-state index is 0.690. The molecule has 65 heavy (non-hydrogen) atoms. The lowest BCUT2D eigenvalue weighted by molar-refractivity contribution is 1.19. The van der Waals surface area contributed by atoms with Crippen molar-refractivity contribution in [3.8, 4) is 61.7 Å². The highest BCUT2D eigenvalue weighted by Crippen LogP contribution is 2.43. The summed E-state index contributed by atoms with van der Waals surface area (Å²) in [5.41, 5.74) is 14.3. The lowest BCUT2D eigenvalue weighted by Gasteiger charge is -2.17. The van der Waals surface area contributed by atoms with Crippen molar-refractivity contribution in [2.24, 2.45) is 0 Å². The fourth-order valence-corrected chi connectivity index (χ4v) is 10.0. The molecule has 0 aliphatic carbocycles. The molecule has 0 bridgehead atoms. The van der Waals surface area contributed by atoms with Crippen LogP contribution in [0.15, 0.2) is 237 Å². The molecule has 13 aromatic rings. The first-order valence-corrected chi connectivity index (χ1v) is 22.2. The number of rotatable bonds is 6. The van der Waals surface area contributed by atoms with E-state index in [0.717, 1.165) is 72.0 Å². The van der Waals surface area contributed by atoms with Crippen LogP contribution >= 0.6 is 0 Å². The lowest BCUT2D eigenvalue weighted by atomic mass is 9.91. The number of aromatic nitrogens is 3. The Bertz CT molecular complexity index is 3980. The molecule has 13 rings (SSSR count). The second-order valence-electron chi connectivity index (χ2n) is 16.9. The van der Waals surface area contributed by atoms with Crippen molar-refractivity contribution in [3.05, 3.63) is 237 Å². The molecule has 0 amide bonds. The van der Waals surface area contributed by atoms with Gasteiger partial charge in [-0.3, -0.25) is 0 Å². The van der Waals surface area contributed by atoms with Crippen LogP contribution in [0.25, 0.3) is 127 Å². The monoisotopic (exact) mass is 825 g/mol. The van der Waals surface area contributed by atoms with Gasteiger partial charge in [-0.1, -0.05) is 182 Å². The number of hydrogen-bond donors (Lipinski definition) is 0. The van der Waals surface area contributed by atoms with E-state index in [9.17, 15) is 0 Å². The lowest BCUT2D eigenvalue weighted by Crippen LogP contribution is -2.00. The summed E-state index contributed by atoms with van der Waals surface area (Å²) in [7, 11) is 0. The summed E-state index contributed by atoms with van der Waals surface area (Å²) in [6, 6.07) is 85.3. The Hall–Kier alpha value is -8.66. The maximum atomic E-state index is 5.58. The van der Waals surface area contributed by atoms with Crippen LogP contribution in [-0.4, -0.2) is 14.5 Å². The van der Waals surface area contributed by atoms with E-state index in [1.54, 1.807) is 0 Å². The van der Waals surface area contributed by atoms with Crippen LogP contribution in [0, 0.1) is 0 Å². The van der Waals surface area contributed by atoms with Crippen molar-refractivity contribution in [1.82, 2.24) is 14.5 Å². The second kappa shape index (κ2) is 15.0. The molecule has 0 aliphatic heterocycles. The van der Waals surface area contributed by atoms with Crippen molar-refractivity contribution in [2.75, 3.05) is 0 Å². The van der Waals surface area contributed by atoms with Gasteiger partial charge in [-0.2, -0.15) is 0 Å². The molecule has 0 N–H and O–H groups in total. The Kier molecular flexibility index (Phi) is 8.53. The van der Waals surface area contributed by atoms with Gasteiger partial charge in [0.2, 0.25) is 0 Å². The van der Waals surface area contributed by atoms with Gasteiger partial charge < -0.3 is 4.57 Å². The minimum Gasteiger partial charge on any atom is -0.309 e. The highest BCUT2D eigenvalue weighted by atomic mass is 15.0. The summed E-state index contributed by atoms with van der Waals surface area (Å²) in [6.45, 7) is 0. The van der Waals surface area contributed by atoms with Gasteiger partial charge in [0.25, 0.3) is 0 Å². The Morgan fingerprint density at radius 1 is 0.277 bits per heavy atom. The molecule has 2 heterocycles. The number of benzene rings is 11. The second-order valence-corrected chi connectivity index (χ2v) is 16.9. The molecule has 0 aliphatic rings. The molecule has 3 heteroatoms. The molecule has 2 aromatic heterocycles. The predicted octanol–water partition coefficient (Wildman–Crippen LogP) is 16.5. The molecule has 0 spiro atoms. The van der Waals surface area contributed by atoms with E-state index in [2.05, 4.69) is 241 Å². The fraction of sp³-hybridized carbons (Fsp3) is 0. The summed E-state index contributed by atoms with van der Waals surface area (Å²) in [5, 5.41) is 10.5. The zero-order valence-corrected chi connectivity index (χ0v) is 35.4. The number of nitrogens with zero attached hydrogens (tertiary/aromatic N) is 3. The van der Waals surface area contributed by atoms with Crippen molar-refractivity contribution in [1.29, 1.82) is 0 Å². The first-order valence-electron chi connectivity index (χ1n) is 22.2. The Morgan fingerprint density at radius 2 is 0.846 bits per heavy atom. The molecule has 0 saturated heterocycles. The molecule has 0 saturated carbocycles. The SMILES string of the molecule is c1ccc(-c2ccc3c(c2)c2cc4ccccc4cc2n3-c2ccc(-c3nc(-c4ccc5ccccc5c4)c4cc(-c5ccccc5)c(-c5ccccc5)cc4n3)c3ccccc23)cc1. The van der Waals surface area contributed by atoms with E-state index < -0.39 is 0 Å². The van der Waals surface area contributed by atoms with Crippen molar-refractivity contribution in [2.45, 2.75) is 0 Å². The topological polar surface area (TPSA) is 30.7 Å². The summed E-state index contributed by atoms with van der Waals surface area (Å²) < 4.78 is 2.46. The summed E-state index contributed by atoms with van der Waals surface area (Å²) in [5.74, 6) is 0.690. The summed E-state index contributed by atoms with van der Waals surface area (Å²) in [4.78, 5) is 11.1. The average Bonchev–Trinajstić information content (AvgIpc) is 3.69. The fourth-order valence-electron chi connectivity index (χ4n) is 10.0. The van der Waals surface area contributed by atoms with Gasteiger partial charge in [0.1, 0.15) is 0 Å². The normalized spacial score (nSPS) is 11.7. The van der Waals surface area contributed by atoms with E-state index in [0.29, 0.717) is 5.82 Å². The van der Waals surface area contributed by atoms with Gasteiger partial charge in [0.05, 0.1) is 27.9 Å². The van der Waals surface area contributed by atoms with Gasteiger partial charge >= 0.3 is 0 Å². The molecule has 0 unspecified atom stereocenters. The van der Waals surface area contributed by atoms with Crippen LogP contribution < -0.4 is 0 Å². The number of fused-ring (bicyclic) bond motifs is 7. The highest BCUT2D eigenvalue weighted by Gasteiger charge is 2.21. The van der Waals surface area contributed by atoms with Gasteiger partial charge in [0, 0.05) is 32.7 Å². The molecular formula is C62H39N3. The van der Waals surface area contributed by atoms with Crippen LogP contribution in [0.3, 0.4) is 0 Å². The van der Waals surface area contributed by atoms with Crippen LogP contribution in [0.1, 0.15) is 0 Å². The third kappa shape index (κ3) is 6.20. The van der Waals surface area contributed by atoms with Crippen molar-refractivity contribution >= 4 is 65.0 Å². The van der Waals surface area contributed by atoms with Gasteiger partial charge in [-0.15, -0.1) is 0 Å². The van der Waals surface area contributed by atoms with Crippen LogP contribution in [0.4, 0.5) is 0 Å². The predicted molar refractivity (Wildman–Crippen MR) is 274 cm³/mol. The quantitative estimate of drug-likeness (QED) is 0.167. The average molecular weight is 826 g/mol. The zero-order chi connectivity index (χ0) is 42.8. The van der Waals surface area contributed by atoms with Crippen LogP contribution in [0.5, 0.6) is 0 Å². The van der Waals surface area contributed by atoms with E-state index in [1.807, 2.05) is 0 Å². The molecule has 0 fully saturated rings. The summed E-state index contributed by atoms with van der Waals surface area (Å²) >= 11 is 0. The number of hydrogen-bond acceptors (Lipinski definition) is 2. The molecule has 0 atom stereocenters. The van der Waals surface area contributed by atoms with Crippen LogP contribution in [0.2, 0.25) is 0 Å². The van der Waals surface area contributed by atoms with Crippen LogP contribution in [-0.2, 0) is 0 Å². The summed E-state index contributed by atoms with van der Waals surface area (Å²) in [6.07, 6.45) is 0. The third-order valence-corrected chi connectivity index (χ3v) is 13.2. The van der Waals surface area contributed by atoms with Crippen molar-refractivity contribution in [3.63, 3.8) is 0 Å².